The predicted molar refractivity (Wildman–Crippen MR) is 21.2 cm³/mol. The molecule has 0 amide bonds. The molecular formula is H6HoNO6-. The molecule has 8 heteroatoms. The molecule has 59 valence electrons. The molecule has 8 heavy (non-hydrogen) atoms. The minimum absolute atomic E-state index is 0. The van der Waals surface area contributed by atoms with Crippen LogP contribution in [0.5, 0.6) is 0 Å². The average molecular weight is 281 g/mol. The van der Waals surface area contributed by atoms with E-state index < -0.39 is 5.09 Å². The third-order valence-electron chi connectivity index (χ3n) is 0. The predicted octanol–water partition coefficient (Wildman–Crippen LogP) is -2.71. The van der Waals surface area contributed by atoms with Crippen molar-refractivity contribution in [1.82, 2.24) is 0 Å². The Hall–Kier alpha value is 0.340. The maximum Gasteiger partial charge on any atom is 0.0689 e. The summed E-state index contributed by atoms with van der Waals surface area (Å²) in [5.74, 6) is 0. The molecule has 1 radical (unpaired) electrons. The van der Waals surface area contributed by atoms with Gasteiger partial charge in [-0.05, 0) is 0 Å². The first-order valence-corrected chi connectivity index (χ1v) is 0.548. The van der Waals surface area contributed by atoms with Crippen LogP contribution in [-0.4, -0.2) is 21.5 Å². The molecule has 0 aromatic carbocycles. The van der Waals surface area contributed by atoms with Gasteiger partial charge in [0.15, 0.2) is 0 Å². The molecule has 0 heterocycles. The Kier molecular flexibility index (Phi) is 133. The number of hydrogen-bond donors (Lipinski definition) is 0. The SMILES string of the molecule is O.O.O.O=[N+]([O-])[O-].[Ho]. The maximum atomic E-state index is 8.25. The molecule has 0 aliphatic heterocycles. The van der Waals surface area contributed by atoms with E-state index in [1.165, 1.54) is 0 Å². The second-order valence-corrected chi connectivity index (χ2v) is 0.224. The van der Waals surface area contributed by atoms with Crippen LogP contribution in [0, 0.1) is 53.1 Å². The van der Waals surface area contributed by atoms with Crippen molar-refractivity contribution in [3.63, 3.8) is 0 Å². The fraction of sp³-hybridized carbons (Fsp3) is 0. The average Bonchev–Trinajstić information content (AvgIpc) is 0.811. The van der Waals surface area contributed by atoms with E-state index in [9.17, 15) is 0 Å². The van der Waals surface area contributed by atoms with Crippen LogP contribution >= 0.6 is 0 Å². The van der Waals surface area contributed by atoms with Gasteiger partial charge in [-0.2, -0.15) is 0 Å². The van der Waals surface area contributed by atoms with Gasteiger partial charge in [0.25, 0.3) is 0 Å². The van der Waals surface area contributed by atoms with Crippen LogP contribution in [0.4, 0.5) is 0 Å². The van der Waals surface area contributed by atoms with Crippen molar-refractivity contribution in [2.45, 2.75) is 0 Å². The Morgan fingerprint density at radius 2 is 1.00 bits per heavy atom. The smallest absolute Gasteiger partial charge is 0.0689 e. The van der Waals surface area contributed by atoms with E-state index in [0.717, 1.165) is 0 Å². The van der Waals surface area contributed by atoms with Crippen molar-refractivity contribution in [2.75, 3.05) is 0 Å². The van der Waals surface area contributed by atoms with Crippen molar-refractivity contribution in [2.24, 2.45) is 0 Å². The monoisotopic (exact) mass is 281 g/mol. The van der Waals surface area contributed by atoms with Crippen molar-refractivity contribution >= 4 is 0 Å². The molecule has 0 rings (SSSR count). The molecule has 0 fully saturated rings. The van der Waals surface area contributed by atoms with Crippen molar-refractivity contribution in [1.29, 1.82) is 0 Å². The van der Waals surface area contributed by atoms with Gasteiger partial charge in [0, 0.05) is 37.7 Å². The molecule has 0 aromatic rings. The van der Waals surface area contributed by atoms with Gasteiger partial charge in [0.1, 0.15) is 0 Å². The van der Waals surface area contributed by atoms with Gasteiger partial charge >= 0.3 is 0 Å². The molecule has 0 bridgehead atoms. The normalized spacial score (nSPS) is 3.00. The molecular weight excluding hydrogens is 275 g/mol. The topological polar surface area (TPSA) is 161 Å². The summed E-state index contributed by atoms with van der Waals surface area (Å²) in [6, 6.07) is 0. The minimum atomic E-state index is -1.75. The summed E-state index contributed by atoms with van der Waals surface area (Å²) in [7, 11) is 0. The van der Waals surface area contributed by atoms with Crippen molar-refractivity contribution in [3.8, 4) is 0 Å². The van der Waals surface area contributed by atoms with Crippen molar-refractivity contribution < 1.29 is 59.3 Å². The van der Waals surface area contributed by atoms with E-state index in [4.69, 9.17) is 15.3 Å². The Balaban J connectivity index is -0.00000000750. The van der Waals surface area contributed by atoms with Gasteiger partial charge in [-0.1, -0.05) is 0 Å². The first-order chi connectivity index (χ1) is 1.73. The molecule has 0 aromatic heterocycles. The van der Waals surface area contributed by atoms with Gasteiger partial charge in [0.2, 0.25) is 0 Å². The number of nitrogens with zero attached hydrogens (tertiary/aromatic N) is 1. The van der Waals surface area contributed by atoms with E-state index >= 15 is 0 Å². The van der Waals surface area contributed by atoms with Crippen LogP contribution in [0.15, 0.2) is 0 Å². The van der Waals surface area contributed by atoms with Gasteiger partial charge in [-0.3, -0.25) is 0 Å². The fourth-order valence-electron chi connectivity index (χ4n) is 0. The molecule has 0 aliphatic carbocycles. The van der Waals surface area contributed by atoms with E-state index in [1.54, 1.807) is 0 Å². The zero-order valence-electron chi connectivity index (χ0n) is 3.47. The molecule has 0 saturated carbocycles. The largest absolute Gasteiger partial charge is 0.412 e. The summed E-state index contributed by atoms with van der Waals surface area (Å²) in [6.07, 6.45) is 0. The van der Waals surface area contributed by atoms with E-state index in [-0.39, 0.29) is 54.2 Å². The second kappa shape index (κ2) is 26.4. The van der Waals surface area contributed by atoms with Crippen LogP contribution in [0.2, 0.25) is 0 Å². The Labute approximate surface area is 74.3 Å². The number of rotatable bonds is 0. The van der Waals surface area contributed by atoms with E-state index in [1.807, 2.05) is 0 Å². The first kappa shape index (κ1) is 40.3. The summed E-state index contributed by atoms with van der Waals surface area (Å²) in [5, 5.41) is 14.8. The van der Waals surface area contributed by atoms with Crippen molar-refractivity contribution in [3.05, 3.63) is 15.3 Å². The van der Waals surface area contributed by atoms with E-state index in [2.05, 4.69) is 0 Å². The Morgan fingerprint density at radius 1 is 1.00 bits per heavy atom. The molecule has 0 atom stereocenters. The second-order valence-electron chi connectivity index (χ2n) is 0.224. The summed E-state index contributed by atoms with van der Waals surface area (Å²) in [4.78, 5) is 8.25. The van der Waals surface area contributed by atoms with Gasteiger partial charge in [-0.15, -0.1) is 0 Å². The molecule has 7 nitrogen and oxygen atoms in total. The molecule has 0 saturated heterocycles. The zero-order chi connectivity index (χ0) is 3.58. The van der Waals surface area contributed by atoms with Crippen LogP contribution < -0.4 is 0 Å². The van der Waals surface area contributed by atoms with Crippen LogP contribution in [0.25, 0.3) is 0 Å². The first-order valence-electron chi connectivity index (χ1n) is 0.548. The Morgan fingerprint density at radius 3 is 1.00 bits per heavy atom. The summed E-state index contributed by atoms with van der Waals surface area (Å²) in [6.45, 7) is 0. The molecule has 6 N–H and O–H groups in total. The molecule has 0 spiro atoms. The van der Waals surface area contributed by atoms with Gasteiger partial charge in [0.05, 0.1) is 5.09 Å². The van der Waals surface area contributed by atoms with Crippen LogP contribution in [0.3, 0.4) is 0 Å². The van der Waals surface area contributed by atoms with Gasteiger partial charge in [-0.25, -0.2) is 0 Å². The molecule has 0 aliphatic rings. The number of hydrogen-bond acceptors (Lipinski definition) is 3. The van der Waals surface area contributed by atoms with Gasteiger partial charge < -0.3 is 31.8 Å². The quantitative estimate of drug-likeness (QED) is 0.268. The standard InChI is InChI=1S/Ho.NO3.3H2O/c;2-1(3)4;;;/h;;3*1H2/q;-1;;;. The third kappa shape index (κ3) is 1570. The van der Waals surface area contributed by atoms with Crippen LogP contribution in [-0.2, 0) is 0 Å². The summed E-state index contributed by atoms with van der Waals surface area (Å²) in [5.41, 5.74) is 0. The minimum Gasteiger partial charge on any atom is -0.412 e. The van der Waals surface area contributed by atoms with Crippen LogP contribution in [0.1, 0.15) is 0 Å². The molecule has 0 unspecified atom stereocenters. The van der Waals surface area contributed by atoms with E-state index in [0.29, 0.717) is 0 Å². The maximum absolute atomic E-state index is 8.25. The summed E-state index contributed by atoms with van der Waals surface area (Å²) < 4.78 is 0. The Bertz CT molecular complexity index is 31.5. The summed E-state index contributed by atoms with van der Waals surface area (Å²) >= 11 is 0. The third-order valence-corrected chi connectivity index (χ3v) is 0. The zero-order valence-corrected chi connectivity index (χ0v) is 5.41. The fourth-order valence-corrected chi connectivity index (χ4v) is 0.